The van der Waals surface area contributed by atoms with Crippen molar-refractivity contribution in [1.82, 2.24) is 0 Å². The molecule has 76 valence electrons. The molecule has 0 spiro atoms. The molecule has 0 bridgehead atoms. The van der Waals surface area contributed by atoms with Crippen LogP contribution in [0.5, 0.6) is 11.5 Å². The van der Waals surface area contributed by atoms with Gasteiger partial charge in [-0.25, -0.2) is 0 Å². The number of ether oxygens (including phenoxy) is 2. The van der Waals surface area contributed by atoms with E-state index in [2.05, 4.69) is 0 Å². The topological polar surface area (TPSA) is 44.8 Å². The molecule has 0 saturated heterocycles. The molecule has 0 heterocycles. The lowest BCUT2D eigenvalue weighted by Crippen LogP contribution is -2.03. The van der Waals surface area contributed by atoms with Crippen LogP contribution in [0, 0.1) is 0 Å². The summed E-state index contributed by atoms with van der Waals surface area (Å²) in [5.74, 6) is 1.31. The molecule has 0 aliphatic carbocycles. The largest absolute Gasteiger partial charge is 0.542 e. The van der Waals surface area contributed by atoms with E-state index >= 15 is 0 Å². The van der Waals surface area contributed by atoms with Crippen LogP contribution in [-0.4, -0.2) is 20.3 Å². The Balaban J connectivity index is 2.42. The van der Waals surface area contributed by atoms with Gasteiger partial charge >= 0.3 is 8.69 Å². The second kappa shape index (κ2) is 6.35. The quantitative estimate of drug-likeness (QED) is 0.538. The first-order valence-electron chi connectivity index (χ1n) is 4.12. The van der Waals surface area contributed by atoms with Crippen molar-refractivity contribution in [2.24, 2.45) is 0 Å². The molecular formula is C9H12O4P+. The highest BCUT2D eigenvalue weighted by Crippen LogP contribution is 2.19. The molecule has 1 aromatic carbocycles. The van der Waals surface area contributed by atoms with Gasteiger partial charge in [0.2, 0.25) is 0 Å². The SMILES string of the molecule is COCCOc1ccc(O[PH+]=O)cc1. The number of hydrogen-bond donors (Lipinski definition) is 0. The predicted octanol–water partition coefficient (Wildman–Crippen LogP) is 2.03. The van der Waals surface area contributed by atoms with Gasteiger partial charge in [0.15, 0.2) is 5.75 Å². The molecule has 14 heavy (non-hydrogen) atoms. The van der Waals surface area contributed by atoms with Gasteiger partial charge < -0.3 is 9.47 Å². The van der Waals surface area contributed by atoms with Crippen molar-refractivity contribution in [2.75, 3.05) is 20.3 Å². The zero-order valence-electron chi connectivity index (χ0n) is 7.86. The maximum atomic E-state index is 10.2. The van der Waals surface area contributed by atoms with Crippen LogP contribution in [0.15, 0.2) is 24.3 Å². The lowest BCUT2D eigenvalue weighted by atomic mass is 10.3. The Labute approximate surface area is 84.1 Å². The molecule has 1 atom stereocenters. The molecule has 0 aliphatic heterocycles. The van der Waals surface area contributed by atoms with Crippen molar-refractivity contribution in [2.45, 2.75) is 0 Å². The summed E-state index contributed by atoms with van der Waals surface area (Å²) >= 11 is 0. The fourth-order valence-corrected chi connectivity index (χ4v) is 1.13. The first-order valence-corrected chi connectivity index (χ1v) is 4.94. The van der Waals surface area contributed by atoms with E-state index in [0.29, 0.717) is 19.0 Å². The smallest absolute Gasteiger partial charge is 0.491 e. The number of hydrogen-bond acceptors (Lipinski definition) is 4. The lowest BCUT2D eigenvalue weighted by molar-refractivity contribution is 0.146. The molecule has 1 aromatic rings. The number of methoxy groups -OCH3 is 1. The van der Waals surface area contributed by atoms with E-state index in [1.165, 1.54) is 0 Å². The summed E-state index contributed by atoms with van der Waals surface area (Å²) in [6.45, 7) is 1.07. The molecule has 0 aromatic heterocycles. The van der Waals surface area contributed by atoms with E-state index in [9.17, 15) is 4.57 Å². The molecule has 1 rings (SSSR count). The molecule has 4 nitrogen and oxygen atoms in total. The summed E-state index contributed by atoms with van der Waals surface area (Å²) in [6, 6.07) is 6.91. The van der Waals surface area contributed by atoms with Crippen molar-refractivity contribution in [1.29, 1.82) is 0 Å². The van der Waals surface area contributed by atoms with Gasteiger partial charge in [-0.1, -0.05) is 0 Å². The summed E-state index contributed by atoms with van der Waals surface area (Å²) in [5, 5.41) is 0. The van der Waals surface area contributed by atoms with Gasteiger partial charge in [0, 0.05) is 7.11 Å². The summed E-state index contributed by atoms with van der Waals surface area (Å²) < 4.78 is 25.1. The van der Waals surface area contributed by atoms with Crippen LogP contribution in [0.1, 0.15) is 0 Å². The van der Waals surface area contributed by atoms with Crippen molar-refractivity contribution in [3.8, 4) is 11.5 Å². The fraction of sp³-hybridized carbons (Fsp3) is 0.333. The Morgan fingerprint density at radius 1 is 1.14 bits per heavy atom. The molecule has 1 unspecified atom stereocenters. The van der Waals surface area contributed by atoms with Crippen LogP contribution in [0.25, 0.3) is 0 Å². The van der Waals surface area contributed by atoms with Gasteiger partial charge in [0.25, 0.3) is 0 Å². The van der Waals surface area contributed by atoms with Crippen LogP contribution in [-0.2, 0) is 9.30 Å². The summed E-state index contributed by atoms with van der Waals surface area (Å²) in [6.07, 6.45) is 0. The summed E-state index contributed by atoms with van der Waals surface area (Å²) in [4.78, 5) is 0. The lowest BCUT2D eigenvalue weighted by Gasteiger charge is -2.04. The van der Waals surface area contributed by atoms with E-state index in [0.717, 1.165) is 5.75 Å². The van der Waals surface area contributed by atoms with Crippen molar-refractivity contribution in [3.05, 3.63) is 24.3 Å². The van der Waals surface area contributed by atoms with Crippen molar-refractivity contribution >= 4 is 8.69 Å². The predicted molar refractivity (Wildman–Crippen MR) is 53.4 cm³/mol. The minimum absolute atomic E-state index is 0.514. The molecular weight excluding hydrogens is 203 g/mol. The van der Waals surface area contributed by atoms with Crippen molar-refractivity contribution < 1.29 is 18.6 Å². The first kappa shape index (κ1) is 11.0. The van der Waals surface area contributed by atoms with Crippen LogP contribution in [0.3, 0.4) is 0 Å². The molecule has 0 amide bonds. The number of rotatable bonds is 6. The number of benzene rings is 1. The summed E-state index contributed by atoms with van der Waals surface area (Å²) in [5.41, 5.74) is 0. The molecule has 5 heteroatoms. The second-order valence-electron chi connectivity index (χ2n) is 2.50. The third-order valence-electron chi connectivity index (χ3n) is 1.54. The fourth-order valence-electron chi connectivity index (χ4n) is 0.895. The zero-order chi connectivity index (χ0) is 10.2. The third kappa shape index (κ3) is 3.73. The third-order valence-corrected chi connectivity index (χ3v) is 1.86. The van der Waals surface area contributed by atoms with Crippen LogP contribution in [0.4, 0.5) is 0 Å². The highest BCUT2D eigenvalue weighted by atomic mass is 31.1. The van der Waals surface area contributed by atoms with Gasteiger partial charge in [-0.2, -0.15) is 0 Å². The summed E-state index contributed by atoms with van der Waals surface area (Å²) in [7, 11) is 0.843. The van der Waals surface area contributed by atoms with Gasteiger partial charge in [0.1, 0.15) is 12.4 Å². The van der Waals surface area contributed by atoms with E-state index in [1.54, 1.807) is 31.4 Å². The van der Waals surface area contributed by atoms with Crippen LogP contribution >= 0.6 is 8.69 Å². The van der Waals surface area contributed by atoms with Gasteiger partial charge in [-0.3, -0.25) is 4.52 Å². The molecule has 0 aliphatic rings. The van der Waals surface area contributed by atoms with E-state index in [-0.39, 0.29) is 0 Å². The zero-order valence-corrected chi connectivity index (χ0v) is 8.86. The van der Waals surface area contributed by atoms with Crippen LogP contribution in [0.2, 0.25) is 0 Å². The maximum absolute atomic E-state index is 10.2. The Kier molecular flexibility index (Phi) is 4.97. The van der Waals surface area contributed by atoms with E-state index in [1.807, 2.05) is 0 Å². The maximum Gasteiger partial charge on any atom is 0.542 e. The Morgan fingerprint density at radius 2 is 1.79 bits per heavy atom. The van der Waals surface area contributed by atoms with E-state index in [4.69, 9.17) is 14.0 Å². The minimum atomic E-state index is -0.778. The average molecular weight is 215 g/mol. The second-order valence-corrected chi connectivity index (χ2v) is 2.87. The van der Waals surface area contributed by atoms with Crippen molar-refractivity contribution in [3.63, 3.8) is 0 Å². The Morgan fingerprint density at radius 3 is 2.36 bits per heavy atom. The van der Waals surface area contributed by atoms with Gasteiger partial charge in [-0.15, -0.1) is 0 Å². The Bertz CT molecular complexity index is 273. The highest BCUT2D eigenvalue weighted by molar-refractivity contribution is 7.17. The first-order chi connectivity index (χ1) is 6.86. The normalized spacial score (nSPS) is 10.1. The average Bonchev–Trinajstić information content (AvgIpc) is 2.21. The van der Waals surface area contributed by atoms with Gasteiger partial charge in [-0.05, 0) is 28.8 Å². The monoisotopic (exact) mass is 215 g/mol. The molecule has 0 radical (unpaired) electrons. The Hall–Kier alpha value is -1.12. The molecule has 0 N–H and O–H groups in total. The minimum Gasteiger partial charge on any atom is -0.491 e. The molecule has 0 saturated carbocycles. The van der Waals surface area contributed by atoms with Gasteiger partial charge in [0.05, 0.1) is 6.61 Å². The van der Waals surface area contributed by atoms with E-state index < -0.39 is 8.69 Å². The standard InChI is InChI=1S/C9H12O4P/c1-11-6-7-12-8-2-4-9(5-3-8)13-14-10/h2-5,14H,6-7H2,1H3/q+1. The van der Waals surface area contributed by atoms with Crippen LogP contribution < -0.4 is 9.26 Å². The highest BCUT2D eigenvalue weighted by Gasteiger charge is 1.98. The molecule has 0 fully saturated rings.